The van der Waals surface area contributed by atoms with E-state index in [0.29, 0.717) is 22.7 Å². The number of rotatable bonds is 11. The number of anilines is 1. The lowest BCUT2D eigenvalue weighted by Crippen LogP contribution is -2.53. The fourth-order valence-electron chi connectivity index (χ4n) is 5.09. The maximum atomic E-state index is 14.0. The van der Waals surface area contributed by atoms with Crippen molar-refractivity contribution in [2.75, 3.05) is 17.4 Å². The van der Waals surface area contributed by atoms with Gasteiger partial charge >= 0.3 is 0 Å². The Hall–Kier alpha value is -3.36. The van der Waals surface area contributed by atoms with Gasteiger partial charge in [0, 0.05) is 17.6 Å². The maximum absolute atomic E-state index is 14.0. The van der Waals surface area contributed by atoms with E-state index < -0.39 is 28.5 Å². The molecule has 2 amide bonds. The fourth-order valence-corrected chi connectivity index (χ4v) is 6.82. The molecule has 0 saturated heterocycles. The first-order valence-corrected chi connectivity index (χ1v) is 15.5. The van der Waals surface area contributed by atoms with Crippen LogP contribution in [0.1, 0.15) is 43.7 Å². The highest BCUT2D eigenvalue weighted by Gasteiger charge is 2.33. The molecule has 4 rings (SSSR count). The third kappa shape index (κ3) is 7.23. The van der Waals surface area contributed by atoms with Crippen molar-refractivity contribution in [3.05, 3.63) is 95.0 Å². The van der Waals surface area contributed by atoms with Crippen molar-refractivity contribution in [3.8, 4) is 0 Å². The summed E-state index contributed by atoms with van der Waals surface area (Å²) in [5.41, 5.74) is 1.99. The Kier molecular flexibility index (Phi) is 9.87. The minimum atomic E-state index is -4.11. The summed E-state index contributed by atoms with van der Waals surface area (Å²) < 4.78 is 28.9. The first-order valence-electron chi connectivity index (χ1n) is 13.6. The summed E-state index contributed by atoms with van der Waals surface area (Å²) in [7, 11) is -4.11. The van der Waals surface area contributed by atoms with Crippen LogP contribution in [0.4, 0.5) is 5.69 Å². The van der Waals surface area contributed by atoms with Crippen molar-refractivity contribution in [3.63, 3.8) is 0 Å². The summed E-state index contributed by atoms with van der Waals surface area (Å²) in [6, 6.07) is 21.9. The molecule has 0 bridgehead atoms. The smallest absolute Gasteiger partial charge is 0.264 e. The molecule has 0 spiro atoms. The summed E-state index contributed by atoms with van der Waals surface area (Å²) in [5, 5.41) is 3.55. The number of carbonyl (C=O) groups is 2. The lowest BCUT2D eigenvalue weighted by atomic mass is 10.1. The second-order valence-corrected chi connectivity index (χ2v) is 12.5. The molecule has 7 nitrogen and oxygen atoms in total. The molecular weight excluding hydrogens is 546 g/mol. The summed E-state index contributed by atoms with van der Waals surface area (Å²) in [6.07, 6.45) is 4.52. The molecule has 1 N–H and O–H groups in total. The zero-order valence-corrected chi connectivity index (χ0v) is 24.5. The van der Waals surface area contributed by atoms with Crippen molar-refractivity contribution in [1.82, 2.24) is 10.2 Å². The van der Waals surface area contributed by atoms with Crippen molar-refractivity contribution in [1.29, 1.82) is 0 Å². The van der Waals surface area contributed by atoms with Crippen LogP contribution in [0.15, 0.2) is 83.8 Å². The van der Waals surface area contributed by atoms with E-state index in [4.69, 9.17) is 11.6 Å². The van der Waals surface area contributed by atoms with E-state index in [1.807, 2.05) is 30.3 Å². The van der Waals surface area contributed by atoms with Crippen LogP contribution in [0, 0.1) is 6.92 Å². The van der Waals surface area contributed by atoms with Gasteiger partial charge in [-0.1, -0.05) is 73.0 Å². The first kappa shape index (κ1) is 29.6. The highest BCUT2D eigenvalue weighted by atomic mass is 35.5. The highest BCUT2D eigenvalue weighted by Crippen LogP contribution is 2.29. The monoisotopic (exact) mass is 581 g/mol. The number of amides is 2. The van der Waals surface area contributed by atoms with E-state index in [1.165, 1.54) is 17.0 Å². The topological polar surface area (TPSA) is 86.8 Å². The number of sulfonamides is 1. The number of benzene rings is 3. The molecule has 1 fully saturated rings. The lowest BCUT2D eigenvalue weighted by Gasteiger charge is -2.33. The van der Waals surface area contributed by atoms with Gasteiger partial charge in [-0.2, -0.15) is 0 Å². The van der Waals surface area contributed by atoms with Gasteiger partial charge in [-0.3, -0.25) is 13.9 Å². The van der Waals surface area contributed by atoms with Gasteiger partial charge in [-0.25, -0.2) is 8.42 Å². The summed E-state index contributed by atoms with van der Waals surface area (Å²) in [4.78, 5) is 28.8. The minimum Gasteiger partial charge on any atom is -0.352 e. The third-order valence-corrected chi connectivity index (χ3v) is 9.40. The van der Waals surface area contributed by atoms with E-state index in [9.17, 15) is 18.0 Å². The van der Waals surface area contributed by atoms with E-state index in [2.05, 4.69) is 5.32 Å². The van der Waals surface area contributed by atoms with E-state index in [1.54, 1.807) is 50.2 Å². The minimum absolute atomic E-state index is 0.0695. The van der Waals surface area contributed by atoms with Gasteiger partial charge in [-0.05, 0) is 74.6 Å². The van der Waals surface area contributed by atoms with Crippen molar-refractivity contribution >= 4 is 39.1 Å². The molecule has 0 heterocycles. The number of hydrogen-bond acceptors (Lipinski definition) is 4. The zero-order chi connectivity index (χ0) is 28.7. The quantitative estimate of drug-likeness (QED) is 0.330. The molecule has 1 unspecified atom stereocenters. The number of carbonyl (C=O) groups excluding carboxylic acids is 2. The molecule has 0 radical (unpaired) electrons. The third-order valence-electron chi connectivity index (χ3n) is 7.39. The number of nitrogens with one attached hydrogen (secondary N) is 1. The molecule has 9 heteroatoms. The number of hydrogen-bond donors (Lipinski definition) is 1. The molecule has 1 atom stereocenters. The standard InChI is InChI=1S/C31H36ClN3O4S/c1-23-21-26(32)17-18-29(23)35(40(38,39)28-15-7-4-8-16-28)22-30(36)34(20-19-25-11-5-3-6-12-25)24(2)31(37)33-27-13-9-10-14-27/h3-8,11-12,15-18,21,24,27H,9-10,13-14,19-20,22H2,1-2H3,(H,33,37). The Labute approximate surface area is 242 Å². The predicted octanol–water partition coefficient (Wildman–Crippen LogP) is 5.36. The molecule has 40 heavy (non-hydrogen) atoms. The Balaban J connectivity index is 1.66. The second kappa shape index (κ2) is 13.3. The predicted molar refractivity (Wildman–Crippen MR) is 159 cm³/mol. The number of aryl methyl sites for hydroxylation is 1. The van der Waals surface area contributed by atoms with Crippen molar-refractivity contribution in [2.24, 2.45) is 0 Å². The Morgan fingerprint density at radius 2 is 1.60 bits per heavy atom. The van der Waals surface area contributed by atoms with Crippen LogP contribution in [0.3, 0.4) is 0 Å². The van der Waals surface area contributed by atoms with Gasteiger partial charge < -0.3 is 10.2 Å². The molecule has 0 aromatic heterocycles. The summed E-state index contributed by atoms with van der Waals surface area (Å²) >= 11 is 6.17. The number of halogens is 1. The highest BCUT2D eigenvalue weighted by molar-refractivity contribution is 7.92. The normalized spacial score (nSPS) is 14.5. The zero-order valence-electron chi connectivity index (χ0n) is 22.9. The van der Waals surface area contributed by atoms with Gasteiger partial charge in [-0.15, -0.1) is 0 Å². The molecular formula is C31H36ClN3O4S. The average molecular weight is 582 g/mol. The second-order valence-electron chi connectivity index (χ2n) is 10.2. The van der Waals surface area contributed by atoms with Gasteiger partial charge in [0.2, 0.25) is 11.8 Å². The van der Waals surface area contributed by atoms with Crippen LogP contribution in [0.25, 0.3) is 0 Å². The van der Waals surface area contributed by atoms with Gasteiger partial charge in [0.1, 0.15) is 12.6 Å². The van der Waals surface area contributed by atoms with Crippen molar-refractivity contribution < 1.29 is 18.0 Å². The van der Waals surface area contributed by atoms with E-state index in [-0.39, 0.29) is 23.4 Å². The van der Waals surface area contributed by atoms with Crippen LogP contribution in [-0.4, -0.2) is 50.3 Å². The first-order chi connectivity index (χ1) is 19.2. The SMILES string of the molecule is Cc1cc(Cl)ccc1N(CC(=O)N(CCc1ccccc1)C(C)C(=O)NC1CCCC1)S(=O)(=O)c1ccccc1. The molecule has 1 aliphatic carbocycles. The van der Waals surface area contributed by atoms with Crippen LogP contribution in [-0.2, 0) is 26.0 Å². The fraction of sp³-hybridized carbons (Fsp3) is 0.355. The maximum Gasteiger partial charge on any atom is 0.264 e. The Morgan fingerprint density at radius 3 is 2.23 bits per heavy atom. The van der Waals surface area contributed by atoms with Gasteiger partial charge in [0.05, 0.1) is 10.6 Å². The van der Waals surface area contributed by atoms with Crippen LogP contribution in [0.5, 0.6) is 0 Å². The molecule has 3 aromatic rings. The lowest BCUT2D eigenvalue weighted by molar-refractivity contribution is -0.139. The number of nitrogens with zero attached hydrogens (tertiary/aromatic N) is 2. The molecule has 1 aliphatic rings. The van der Waals surface area contributed by atoms with E-state index >= 15 is 0 Å². The molecule has 3 aromatic carbocycles. The van der Waals surface area contributed by atoms with Crippen LogP contribution in [0.2, 0.25) is 5.02 Å². The van der Waals surface area contributed by atoms with Crippen LogP contribution >= 0.6 is 11.6 Å². The average Bonchev–Trinajstić information content (AvgIpc) is 3.46. The molecule has 0 aliphatic heterocycles. The van der Waals surface area contributed by atoms with Crippen molar-refractivity contribution in [2.45, 2.75) is 62.9 Å². The van der Waals surface area contributed by atoms with Crippen LogP contribution < -0.4 is 9.62 Å². The largest absolute Gasteiger partial charge is 0.352 e. The van der Waals surface area contributed by atoms with Gasteiger partial charge in [0.25, 0.3) is 10.0 Å². The summed E-state index contributed by atoms with van der Waals surface area (Å²) in [6.45, 7) is 3.26. The van der Waals surface area contributed by atoms with Gasteiger partial charge in [0.15, 0.2) is 0 Å². The molecule has 1 saturated carbocycles. The molecule has 212 valence electrons. The van der Waals surface area contributed by atoms with E-state index in [0.717, 1.165) is 35.6 Å². The Morgan fingerprint density at radius 1 is 0.975 bits per heavy atom. The summed E-state index contributed by atoms with van der Waals surface area (Å²) in [5.74, 6) is -0.688. The Bertz CT molecular complexity index is 1410.